The van der Waals surface area contributed by atoms with Crippen LogP contribution >= 0.6 is 0 Å². The zero-order valence-corrected chi connectivity index (χ0v) is 6.52. The summed E-state index contributed by atoms with van der Waals surface area (Å²) in [5.74, 6) is 0.650. The monoisotopic (exact) mass is 128 g/mol. The van der Waals surface area contributed by atoms with Crippen molar-refractivity contribution in [3.05, 3.63) is 0 Å². The van der Waals surface area contributed by atoms with E-state index in [1.54, 1.807) is 0 Å². The maximum Gasteiger partial charge on any atom is 0.0273 e. The van der Waals surface area contributed by atoms with Crippen LogP contribution in [0.5, 0.6) is 0 Å². The van der Waals surface area contributed by atoms with Gasteiger partial charge in [-0.15, -0.1) is 0 Å². The third kappa shape index (κ3) is 4.01. The molecule has 2 heteroatoms. The first-order valence-electron chi connectivity index (χ1n) is 3.55. The van der Waals surface area contributed by atoms with Crippen LogP contribution in [0.1, 0.15) is 26.7 Å². The predicted octanol–water partition coefficient (Wildman–Crippen LogP) is 1.63. The van der Waals surface area contributed by atoms with Gasteiger partial charge in [0.25, 0.3) is 0 Å². The minimum Gasteiger partial charge on any atom is -0.313 e. The van der Waals surface area contributed by atoms with Gasteiger partial charge in [-0.3, -0.25) is 0 Å². The van der Waals surface area contributed by atoms with Gasteiger partial charge >= 0.3 is 0 Å². The van der Waals surface area contributed by atoms with E-state index in [0.29, 0.717) is 5.92 Å². The molecule has 0 saturated carbocycles. The van der Waals surface area contributed by atoms with Crippen molar-refractivity contribution >= 4 is 6.21 Å². The van der Waals surface area contributed by atoms with Gasteiger partial charge in [0.2, 0.25) is 0 Å². The van der Waals surface area contributed by atoms with Gasteiger partial charge in [-0.25, -0.2) is 0 Å². The summed E-state index contributed by atoms with van der Waals surface area (Å²) in [5.41, 5.74) is 2.74. The Hall–Kier alpha value is -0.530. The van der Waals surface area contributed by atoms with Gasteiger partial charge in [0.15, 0.2) is 0 Å². The van der Waals surface area contributed by atoms with Gasteiger partial charge in [0.05, 0.1) is 0 Å². The molecule has 0 aromatic carbocycles. The van der Waals surface area contributed by atoms with Crippen LogP contribution in [0.25, 0.3) is 0 Å². The molecule has 0 unspecified atom stereocenters. The van der Waals surface area contributed by atoms with Gasteiger partial charge in [-0.1, -0.05) is 13.8 Å². The summed E-state index contributed by atoms with van der Waals surface area (Å²) < 4.78 is 0. The highest BCUT2D eigenvalue weighted by Gasteiger charge is 1.95. The Morgan fingerprint density at radius 3 is 2.33 bits per heavy atom. The molecule has 0 bridgehead atoms. The van der Waals surface area contributed by atoms with Crippen molar-refractivity contribution in [3.63, 3.8) is 0 Å². The minimum absolute atomic E-state index is 0.650. The largest absolute Gasteiger partial charge is 0.313 e. The highest BCUT2D eigenvalue weighted by atomic mass is 15.3. The highest BCUT2D eigenvalue weighted by Crippen LogP contribution is 2.02. The maximum atomic E-state index is 3.94. The number of nitrogens with one attached hydrogen (secondary N) is 1. The van der Waals surface area contributed by atoms with Gasteiger partial charge in [0, 0.05) is 13.3 Å². The molecule has 0 aromatic rings. The van der Waals surface area contributed by atoms with E-state index in [9.17, 15) is 0 Å². The van der Waals surface area contributed by atoms with Gasteiger partial charge in [0.1, 0.15) is 0 Å². The third-order valence-electron chi connectivity index (χ3n) is 1.46. The molecular weight excluding hydrogens is 112 g/mol. The molecule has 0 atom stereocenters. The molecule has 2 nitrogen and oxygen atoms in total. The molecule has 9 heavy (non-hydrogen) atoms. The summed E-state index contributed by atoms with van der Waals surface area (Å²) in [6.07, 6.45) is 4.34. The molecule has 0 aliphatic heterocycles. The number of hydrogen-bond donors (Lipinski definition) is 1. The lowest BCUT2D eigenvalue weighted by Crippen LogP contribution is -2.02. The van der Waals surface area contributed by atoms with E-state index in [-0.39, 0.29) is 0 Å². The molecule has 0 aliphatic carbocycles. The van der Waals surface area contributed by atoms with Crippen LogP contribution in [0.4, 0.5) is 0 Å². The van der Waals surface area contributed by atoms with E-state index < -0.39 is 0 Å². The van der Waals surface area contributed by atoms with Crippen LogP contribution in [0.3, 0.4) is 0 Å². The van der Waals surface area contributed by atoms with Crippen LogP contribution in [-0.4, -0.2) is 13.3 Å². The van der Waals surface area contributed by atoms with E-state index in [1.807, 2.05) is 13.3 Å². The fourth-order valence-corrected chi connectivity index (χ4v) is 0.679. The van der Waals surface area contributed by atoms with Crippen molar-refractivity contribution in [2.75, 3.05) is 7.05 Å². The van der Waals surface area contributed by atoms with Crippen LogP contribution in [0.15, 0.2) is 5.10 Å². The Kier molecular flexibility index (Phi) is 5.27. The molecule has 0 spiro atoms. The van der Waals surface area contributed by atoms with Crippen LogP contribution < -0.4 is 5.43 Å². The number of hydrazone groups is 1. The average molecular weight is 128 g/mol. The van der Waals surface area contributed by atoms with Crippen molar-refractivity contribution in [3.8, 4) is 0 Å². The van der Waals surface area contributed by atoms with Crippen LogP contribution in [0.2, 0.25) is 0 Å². The summed E-state index contributed by atoms with van der Waals surface area (Å²) in [5, 5.41) is 3.94. The topological polar surface area (TPSA) is 24.4 Å². The maximum absolute atomic E-state index is 3.94. The van der Waals surface area contributed by atoms with E-state index in [4.69, 9.17) is 0 Å². The number of nitrogens with zero attached hydrogens (tertiary/aromatic N) is 1. The fourth-order valence-electron chi connectivity index (χ4n) is 0.679. The summed E-state index contributed by atoms with van der Waals surface area (Å²) in [4.78, 5) is 0. The Morgan fingerprint density at radius 2 is 2.00 bits per heavy atom. The number of hydrogen-bond acceptors (Lipinski definition) is 2. The Balaban J connectivity index is 3.41. The first-order valence-corrected chi connectivity index (χ1v) is 3.55. The summed E-state index contributed by atoms with van der Waals surface area (Å²) in [6, 6.07) is 0. The Morgan fingerprint density at radius 1 is 1.44 bits per heavy atom. The zero-order valence-electron chi connectivity index (χ0n) is 6.52. The van der Waals surface area contributed by atoms with Crippen molar-refractivity contribution in [1.29, 1.82) is 0 Å². The normalized spacial score (nSPS) is 11.1. The first-order chi connectivity index (χ1) is 4.35. The lowest BCUT2D eigenvalue weighted by atomic mass is 10.1. The molecule has 0 aromatic heterocycles. The predicted molar refractivity (Wildman–Crippen MR) is 41.6 cm³/mol. The van der Waals surface area contributed by atoms with Crippen LogP contribution in [-0.2, 0) is 0 Å². The second-order valence-electron chi connectivity index (χ2n) is 2.08. The van der Waals surface area contributed by atoms with E-state index >= 15 is 0 Å². The summed E-state index contributed by atoms with van der Waals surface area (Å²) in [6.45, 7) is 4.35. The van der Waals surface area contributed by atoms with Gasteiger partial charge in [-0.2, -0.15) is 5.10 Å². The first kappa shape index (κ1) is 8.47. The average Bonchev–Trinajstić information content (AvgIpc) is 1.91. The molecule has 0 aliphatic rings. The standard InChI is InChI=1S/C7H16N2/c1-4-7(5-2)6-9-8-3/h6-8H,4-5H2,1-3H3/b9-6+. The lowest BCUT2D eigenvalue weighted by Gasteiger charge is -2.02. The third-order valence-corrected chi connectivity index (χ3v) is 1.46. The van der Waals surface area contributed by atoms with Crippen molar-refractivity contribution in [2.24, 2.45) is 11.0 Å². The lowest BCUT2D eigenvalue weighted by molar-refractivity contribution is 0.648. The van der Waals surface area contributed by atoms with Crippen molar-refractivity contribution in [2.45, 2.75) is 26.7 Å². The molecular formula is C7H16N2. The minimum atomic E-state index is 0.650. The van der Waals surface area contributed by atoms with E-state index in [2.05, 4.69) is 24.4 Å². The molecule has 0 fully saturated rings. The van der Waals surface area contributed by atoms with E-state index in [0.717, 1.165) is 0 Å². The van der Waals surface area contributed by atoms with Crippen molar-refractivity contribution < 1.29 is 0 Å². The smallest absolute Gasteiger partial charge is 0.0273 e. The molecule has 0 radical (unpaired) electrons. The highest BCUT2D eigenvalue weighted by molar-refractivity contribution is 5.59. The molecule has 0 rings (SSSR count). The quantitative estimate of drug-likeness (QED) is 0.451. The molecule has 0 heterocycles. The Bertz CT molecular complexity index is 75.0. The van der Waals surface area contributed by atoms with Gasteiger partial charge in [-0.05, 0) is 18.8 Å². The summed E-state index contributed by atoms with van der Waals surface area (Å²) >= 11 is 0. The zero-order chi connectivity index (χ0) is 7.11. The second-order valence-corrected chi connectivity index (χ2v) is 2.08. The number of rotatable bonds is 4. The molecule has 0 amide bonds. The fraction of sp³-hybridized carbons (Fsp3) is 0.857. The molecule has 54 valence electrons. The van der Waals surface area contributed by atoms with Gasteiger partial charge < -0.3 is 5.43 Å². The molecule has 0 saturated heterocycles. The Labute approximate surface area is 57.3 Å². The van der Waals surface area contributed by atoms with E-state index in [1.165, 1.54) is 12.8 Å². The summed E-state index contributed by atoms with van der Waals surface area (Å²) in [7, 11) is 1.82. The SMILES string of the molecule is CCC(/C=N/NC)CC. The van der Waals surface area contributed by atoms with Crippen LogP contribution in [0, 0.1) is 5.92 Å². The molecule has 1 N–H and O–H groups in total. The van der Waals surface area contributed by atoms with Crippen molar-refractivity contribution in [1.82, 2.24) is 5.43 Å². The second kappa shape index (κ2) is 5.60.